The molecule has 0 rings (SSSR count). The summed E-state index contributed by atoms with van der Waals surface area (Å²) in [6, 6.07) is 0. The monoisotopic (exact) mass is 422 g/mol. The van der Waals surface area contributed by atoms with E-state index in [-0.39, 0.29) is 0 Å². The Labute approximate surface area is 192 Å². The Kier molecular flexibility index (Phi) is 28.9. The fourth-order valence-corrected chi connectivity index (χ4v) is 4.22. The molecule has 0 aromatic heterocycles. The topological polar surface area (TPSA) is 9.23 Å². The first-order chi connectivity index (χ1) is 14.9. The molecule has 0 aliphatic heterocycles. The Morgan fingerprint density at radius 1 is 0.267 bits per heavy atom. The Morgan fingerprint density at radius 3 is 0.700 bits per heavy atom. The summed E-state index contributed by atoms with van der Waals surface area (Å²) in [6.45, 7) is 9.79. The number of ether oxygens (including phenoxy) is 1. The molecule has 0 aliphatic rings. The van der Waals surface area contributed by atoms with Gasteiger partial charge in [-0.25, -0.2) is 0 Å². The molecular weight excluding hydrogens is 364 g/mol. The van der Waals surface area contributed by atoms with Crippen LogP contribution in [0.2, 0.25) is 0 Å². The molecular formula is C29H58O. The van der Waals surface area contributed by atoms with Gasteiger partial charge in [0.05, 0.1) is 0 Å². The van der Waals surface area contributed by atoms with Crippen LogP contribution < -0.4 is 0 Å². The van der Waals surface area contributed by atoms with Gasteiger partial charge >= 0.3 is 0 Å². The first kappa shape index (κ1) is 30.0. The highest BCUT2D eigenvalue weighted by molar-refractivity contribution is 4.51. The molecule has 0 aliphatic carbocycles. The summed E-state index contributed by atoms with van der Waals surface area (Å²) in [5.74, 6) is 0. The van der Waals surface area contributed by atoms with Gasteiger partial charge in [-0.2, -0.15) is 0 Å². The first-order valence-corrected chi connectivity index (χ1v) is 14.1. The molecule has 0 spiro atoms. The van der Waals surface area contributed by atoms with Gasteiger partial charge < -0.3 is 4.74 Å². The van der Waals surface area contributed by atoms with Gasteiger partial charge in [-0.05, 0) is 12.8 Å². The minimum atomic E-state index is 0.985. The molecule has 0 aromatic carbocycles. The van der Waals surface area contributed by atoms with Gasteiger partial charge in [-0.15, -0.1) is 0 Å². The lowest BCUT2D eigenvalue weighted by atomic mass is 10.0. The Hall–Kier alpha value is -0.0400. The summed E-state index contributed by atoms with van der Waals surface area (Å²) in [6.07, 6.45) is 34.4. The SMILES string of the molecule is [CH2]CCCCCCCCCCCCCCCCOCCCCCCCCCCC[CH2]. The van der Waals surface area contributed by atoms with E-state index in [1.54, 1.807) is 0 Å². The summed E-state index contributed by atoms with van der Waals surface area (Å²) in [5.41, 5.74) is 0. The second kappa shape index (κ2) is 29.0. The predicted octanol–water partition coefficient (Wildman–Crippen LogP) is 10.4. The number of hydrogen-bond acceptors (Lipinski definition) is 1. The van der Waals surface area contributed by atoms with Crippen LogP contribution in [0.25, 0.3) is 0 Å². The maximum atomic E-state index is 5.81. The highest BCUT2D eigenvalue weighted by Gasteiger charge is 1.96. The standard InChI is InChI=1S/C29H58O/c1-3-5-7-9-11-13-15-16-17-18-19-21-23-25-27-29-30-28-26-24-22-20-14-12-10-8-6-4-2/h1-29H2. The Bertz CT molecular complexity index is 248. The molecule has 0 saturated heterocycles. The second-order valence-electron chi connectivity index (χ2n) is 9.45. The van der Waals surface area contributed by atoms with Crippen molar-refractivity contribution in [2.45, 2.75) is 161 Å². The minimum absolute atomic E-state index is 0.985. The van der Waals surface area contributed by atoms with E-state index in [9.17, 15) is 0 Å². The van der Waals surface area contributed by atoms with Crippen LogP contribution in [0.3, 0.4) is 0 Å². The van der Waals surface area contributed by atoms with Crippen LogP contribution in [0.1, 0.15) is 161 Å². The lowest BCUT2D eigenvalue weighted by molar-refractivity contribution is 0.125. The van der Waals surface area contributed by atoms with E-state index in [2.05, 4.69) is 13.8 Å². The van der Waals surface area contributed by atoms with E-state index < -0.39 is 0 Å². The highest BCUT2D eigenvalue weighted by atomic mass is 16.5. The van der Waals surface area contributed by atoms with Crippen molar-refractivity contribution < 1.29 is 4.74 Å². The lowest BCUT2D eigenvalue weighted by Crippen LogP contribution is -1.97. The van der Waals surface area contributed by atoms with Crippen LogP contribution in [0.4, 0.5) is 0 Å². The first-order valence-electron chi connectivity index (χ1n) is 14.1. The maximum Gasteiger partial charge on any atom is 0.0466 e. The smallest absolute Gasteiger partial charge is 0.0466 e. The van der Waals surface area contributed by atoms with Crippen molar-refractivity contribution in [3.63, 3.8) is 0 Å². The van der Waals surface area contributed by atoms with Crippen LogP contribution in [-0.2, 0) is 4.74 Å². The van der Waals surface area contributed by atoms with E-state index in [1.165, 1.54) is 148 Å². The van der Waals surface area contributed by atoms with Gasteiger partial charge in [0, 0.05) is 13.2 Å². The van der Waals surface area contributed by atoms with Crippen LogP contribution in [0.15, 0.2) is 0 Å². The predicted molar refractivity (Wildman–Crippen MR) is 137 cm³/mol. The number of rotatable bonds is 27. The fraction of sp³-hybridized carbons (Fsp3) is 0.931. The molecule has 0 saturated carbocycles. The second-order valence-corrected chi connectivity index (χ2v) is 9.45. The van der Waals surface area contributed by atoms with Crippen LogP contribution in [0.5, 0.6) is 0 Å². The zero-order chi connectivity index (χ0) is 21.8. The van der Waals surface area contributed by atoms with Gasteiger partial charge in [-0.3, -0.25) is 0 Å². The van der Waals surface area contributed by atoms with E-state index in [0.717, 1.165) is 26.1 Å². The number of hydrogen-bond donors (Lipinski definition) is 0. The Morgan fingerprint density at radius 2 is 0.467 bits per heavy atom. The third-order valence-electron chi connectivity index (χ3n) is 6.33. The van der Waals surface area contributed by atoms with Crippen molar-refractivity contribution in [1.29, 1.82) is 0 Å². The van der Waals surface area contributed by atoms with Crippen molar-refractivity contribution in [3.8, 4) is 0 Å². The lowest BCUT2D eigenvalue weighted by Gasteiger charge is -2.05. The summed E-state index contributed by atoms with van der Waals surface area (Å²) < 4.78 is 5.81. The van der Waals surface area contributed by atoms with Crippen molar-refractivity contribution in [3.05, 3.63) is 13.8 Å². The third-order valence-corrected chi connectivity index (χ3v) is 6.33. The van der Waals surface area contributed by atoms with Crippen molar-refractivity contribution in [2.24, 2.45) is 0 Å². The zero-order valence-corrected chi connectivity index (χ0v) is 20.9. The molecule has 0 atom stereocenters. The van der Waals surface area contributed by atoms with Gasteiger partial charge in [0.15, 0.2) is 0 Å². The van der Waals surface area contributed by atoms with Gasteiger partial charge in [0.2, 0.25) is 0 Å². The molecule has 180 valence electrons. The van der Waals surface area contributed by atoms with E-state index in [0.29, 0.717) is 0 Å². The van der Waals surface area contributed by atoms with Crippen molar-refractivity contribution in [2.75, 3.05) is 13.2 Å². The molecule has 0 aromatic rings. The summed E-state index contributed by atoms with van der Waals surface area (Å²) in [4.78, 5) is 0. The van der Waals surface area contributed by atoms with Crippen LogP contribution in [-0.4, -0.2) is 13.2 Å². The normalized spacial score (nSPS) is 11.4. The van der Waals surface area contributed by atoms with Crippen molar-refractivity contribution >= 4 is 0 Å². The van der Waals surface area contributed by atoms with E-state index in [4.69, 9.17) is 4.74 Å². The van der Waals surface area contributed by atoms with E-state index >= 15 is 0 Å². The van der Waals surface area contributed by atoms with Gasteiger partial charge in [0.1, 0.15) is 0 Å². The summed E-state index contributed by atoms with van der Waals surface area (Å²) in [5, 5.41) is 0. The molecule has 0 N–H and O–H groups in total. The average Bonchev–Trinajstić information content (AvgIpc) is 2.76. The molecule has 0 bridgehead atoms. The molecule has 0 heterocycles. The molecule has 30 heavy (non-hydrogen) atoms. The minimum Gasteiger partial charge on any atom is -0.381 e. The van der Waals surface area contributed by atoms with Crippen LogP contribution >= 0.6 is 0 Å². The van der Waals surface area contributed by atoms with Crippen LogP contribution in [0, 0.1) is 13.8 Å². The molecule has 1 heteroatoms. The molecule has 0 unspecified atom stereocenters. The molecule has 0 fully saturated rings. The molecule has 1 nitrogen and oxygen atoms in total. The maximum absolute atomic E-state index is 5.81. The van der Waals surface area contributed by atoms with Gasteiger partial charge in [-0.1, -0.05) is 162 Å². The van der Waals surface area contributed by atoms with Gasteiger partial charge in [0.25, 0.3) is 0 Å². The largest absolute Gasteiger partial charge is 0.381 e. The molecule has 2 radical (unpaired) electrons. The summed E-state index contributed by atoms with van der Waals surface area (Å²) in [7, 11) is 0. The van der Waals surface area contributed by atoms with Crippen molar-refractivity contribution in [1.82, 2.24) is 0 Å². The number of unbranched alkanes of at least 4 members (excludes halogenated alkanes) is 23. The third kappa shape index (κ3) is 28.0. The zero-order valence-electron chi connectivity index (χ0n) is 20.9. The van der Waals surface area contributed by atoms with E-state index in [1.807, 2.05) is 0 Å². The average molecular weight is 423 g/mol. The highest BCUT2D eigenvalue weighted by Crippen LogP contribution is 2.14. The fourth-order valence-electron chi connectivity index (χ4n) is 4.22. The molecule has 0 amide bonds. The Balaban J connectivity index is 2.97. The summed E-state index contributed by atoms with van der Waals surface area (Å²) >= 11 is 0. The quantitative estimate of drug-likeness (QED) is 0.120.